The van der Waals surface area contributed by atoms with E-state index in [1.165, 1.54) is 9.75 Å². The Morgan fingerprint density at radius 1 is 1.18 bits per heavy atom. The summed E-state index contributed by atoms with van der Waals surface area (Å²) in [4.78, 5) is 11.0. The largest absolute Gasteiger partial charge is 0.370 e. The molecule has 90 valence electrons. The van der Waals surface area contributed by atoms with Gasteiger partial charge >= 0.3 is 0 Å². The molecule has 0 amide bonds. The van der Waals surface area contributed by atoms with Crippen molar-refractivity contribution in [3.05, 3.63) is 34.3 Å². The molecule has 2 N–H and O–H groups in total. The highest BCUT2D eigenvalue weighted by atomic mass is 32.1. The lowest BCUT2D eigenvalue weighted by atomic mass is 10.4. The van der Waals surface area contributed by atoms with Gasteiger partial charge in [0.25, 0.3) is 0 Å². The van der Waals surface area contributed by atoms with Gasteiger partial charge in [-0.1, -0.05) is 0 Å². The van der Waals surface area contributed by atoms with Gasteiger partial charge in [0.2, 0.25) is 0 Å². The van der Waals surface area contributed by atoms with E-state index in [2.05, 4.69) is 39.7 Å². The van der Waals surface area contributed by atoms with Crippen molar-refractivity contribution in [3.63, 3.8) is 0 Å². The average Bonchev–Trinajstić information content (AvgIpc) is 2.74. The van der Waals surface area contributed by atoms with Crippen LogP contribution in [0, 0.1) is 6.92 Å². The third-order valence-corrected chi connectivity index (χ3v) is 3.27. The highest BCUT2D eigenvalue weighted by molar-refractivity contribution is 7.11. The number of nitrogens with one attached hydrogen (secondary N) is 2. The molecular formula is C12H16N4S. The number of hydrogen-bond donors (Lipinski definition) is 2. The maximum absolute atomic E-state index is 4.19. The average molecular weight is 248 g/mol. The smallest absolute Gasteiger partial charge is 0.131 e. The first kappa shape index (κ1) is 11.9. The zero-order valence-corrected chi connectivity index (χ0v) is 10.8. The molecule has 2 heterocycles. The van der Waals surface area contributed by atoms with Gasteiger partial charge in [-0.2, -0.15) is 0 Å². The Morgan fingerprint density at radius 3 is 2.59 bits per heavy atom. The van der Waals surface area contributed by atoms with Crippen LogP contribution >= 0.6 is 11.3 Å². The minimum atomic E-state index is 0.807. The molecule has 0 aliphatic carbocycles. The summed E-state index contributed by atoms with van der Waals surface area (Å²) in [5, 5.41) is 6.45. The van der Waals surface area contributed by atoms with E-state index < -0.39 is 0 Å². The maximum atomic E-state index is 4.19. The summed E-state index contributed by atoms with van der Waals surface area (Å²) in [6.07, 6.45) is 1.57. The van der Waals surface area contributed by atoms with Crippen molar-refractivity contribution < 1.29 is 0 Å². The van der Waals surface area contributed by atoms with Gasteiger partial charge in [0.1, 0.15) is 18.0 Å². The van der Waals surface area contributed by atoms with Crippen LogP contribution in [-0.4, -0.2) is 16.5 Å². The number of rotatable bonds is 5. The number of anilines is 2. The summed E-state index contributed by atoms with van der Waals surface area (Å²) in [6.45, 7) is 5.83. The molecule has 0 spiro atoms. The van der Waals surface area contributed by atoms with Gasteiger partial charge in [-0.15, -0.1) is 11.3 Å². The van der Waals surface area contributed by atoms with E-state index in [-0.39, 0.29) is 0 Å². The van der Waals surface area contributed by atoms with Crippen molar-refractivity contribution in [2.75, 3.05) is 17.2 Å². The number of hydrogen-bond acceptors (Lipinski definition) is 5. The van der Waals surface area contributed by atoms with Gasteiger partial charge in [0, 0.05) is 22.4 Å². The second-order valence-corrected chi connectivity index (χ2v) is 5.06. The van der Waals surface area contributed by atoms with Crippen LogP contribution in [0.3, 0.4) is 0 Å². The van der Waals surface area contributed by atoms with Crippen LogP contribution < -0.4 is 10.6 Å². The van der Waals surface area contributed by atoms with Crippen molar-refractivity contribution >= 4 is 23.0 Å². The molecule has 0 atom stereocenters. The topological polar surface area (TPSA) is 49.8 Å². The molecular weight excluding hydrogens is 232 g/mol. The Balaban J connectivity index is 1.96. The number of aromatic nitrogens is 2. The molecule has 5 heteroatoms. The summed E-state index contributed by atoms with van der Waals surface area (Å²) in [6, 6.07) is 6.19. The molecule has 0 unspecified atom stereocenters. The van der Waals surface area contributed by atoms with Crippen LogP contribution in [0.5, 0.6) is 0 Å². The Labute approximate surface area is 105 Å². The van der Waals surface area contributed by atoms with Crippen LogP contribution in [0.25, 0.3) is 0 Å². The molecule has 0 fully saturated rings. The van der Waals surface area contributed by atoms with Crippen LogP contribution in [0.1, 0.15) is 16.7 Å². The van der Waals surface area contributed by atoms with E-state index in [0.29, 0.717) is 0 Å². The minimum Gasteiger partial charge on any atom is -0.370 e. The molecule has 0 aromatic carbocycles. The third kappa shape index (κ3) is 3.42. The lowest BCUT2D eigenvalue weighted by Gasteiger charge is -2.06. The third-order valence-electron chi connectivity index (χ3n) is 2.26. The minimum absolute atomic E-state index is 0.807. The lowest BCUT2D eigenvalue weighted by Crippen LogP contribution is -2.03. The fourth-order valence-electron chi connectivity index (χ4n) is 1.49. The van der Waals surface area contributed by atoms with Crippen molar-refractivity contribution in [3.8, 4) is 0 Å². The number of aryl methyl sites for hydroxylation is 1. The van der Waals surface area contributed by atoms with E-state index in [9.17, 15) is 0 Å². The van der Waals surface area contributed by atoms with E-state index >= 15 is 0 Å². The molecule has 17 heavy (non-hydrogen) atoms. The molecule has 0 aliphatic heterocycles. The number of nitrogens with zero attached hydrogens (tertiary/aromatic N) is 2. The van der Waals surface area contributed by atoms with Crippen molar-refractivity contribution in [2.45, 2.75) is 20.4 Å². The predicted octanol–water partition coefficient (Wildman–Crippen LogP) is 2.89. The molecule has 2 aromatic heterocycles. The highest BCUT2D eigenvalue weighted by Crippen LogP contribution is 2.16. The Hall–Kier alpha value is -1.62. The van der Waals surface area contributed by atoms with Crippen LogP contribution in [-0.2, 0) is 6.54 Å². The summed E-state index contributed by atoms with van der Waals surface area (Å²) in [5.41, 5.74) is 0. The molecule has 0 aliphatic rings. The standard InChI is InChI=1S/C12H16N4S/c1-3-13-11-6-12(16-8-15-11)14-7-10-5-4-9(2)17-10/h4-6,8H,3,7H2,1-2H3,(H2,13,14,15,16). The summed E-state index contributed by atoms with van der Waals surface area (Å²) in [5.74, 6) is 1.70. The van der Waals surface area contributed by atoms with Gasteiger partial charge in [-0.05, 0) is 26.0 Å². The molecule has 4 nitrogen and oxygen atoms in total. The van der Waals surface area contributed by atoms with Gasteiger partial charge in [-0.3, -0.25) is 0 Å². The van der Waals surface area contributed by atoms with E-state index in [0.717, 1.165) is 24.7 Å². The van der Waals surface area contributed by atoms with Crippen molar-refractivity contribution in [2.24, 2.45) is 0 Å². The molecule has 2 rings (SSSR count). The first-order valence-corrected chi connectivity index (χ1v) is 6.44. The Kier molecular flexibility index (Phi) is 3.93. The zero-order valence-electron chi connectivity index (χ0n) is 10.0. The lowest BCUT2D eigenvalue weighted by molar-refractivity contribution is 1.08. The van der Waals surface area contributed by atoms with Gasteiger partial charge in [0.05, 0.1) is 6.54 Å². The normalized spacial score (nSPS) is 10.2. The van der Waals surface area contributed by atoms with E-state index in [1.807, 2.05) is 13.0 Å². The van der Waals surface area contributed by atoms with Gasteiger partial charge in [0.15, 0.2) is 0 Å². The quantitative estimate of drug-likeness (QED) is 0.854. The monoisotopic (exact) mass is 248 g/mol. The second kappa shape index (κ2) is 5.63. The Bertz CT molecular complexity index is 481. The SMILES string of the molecule is CCNc1cc(NCc2ccc(C)s2)ncn1. The van der Waals surface area contributed by atoms with Crippen molar-refractivity contribution in [1.82, 2.24) is 9.97 Å². The zero-order chi connectivity index (χ0) is 12.1. The van der Waals surface area contributed by atoms with Gasteiger partial charge in [-0.25, -0.2) is 9.97 Å². The summed E-state index contributed by atoms with van der Waals surface area (Å²) in [7, 11) is 0. The second-order valence-electron chi connectivity index (χ2n) is 3.68. The Morgan fingerprint density at radius 2 is 1.94 bits per heavy atom. The first-order chi connectivity index (χ1) is 8.28. The summed E-state index contributed by atoms with van der Waals surface area (Å²) < 4.78 is 0. The maximum Gasteiger partial charge on any atom is 0.131 e. The molecule has 0 radical (unpaired) electrons. The fraction of sp³-hybridized carbons (Fsp3) is 0.333. The van der Waals surface area contributed by atoms with E-state index in [4.69, 9.17) is 0 Å². The van der Waals surface area contributed by atoms with Crippen LogP contribution in [0.4, 0.5) is 11.6 Å². The first-order valence-electron chi connectivity index (χ1n) is 5.63. The molecule has 0 saturated carbocycles. The molecule has 0 saturated heterocycles. The van der Waals surface area contributed by atoms with Crippen LogP contribution in [0.2, 0.25) is 0 Å². The molecule has 0 bridgehead atoms. The highest BCUT2D eigenvalue weighted by Gasteiger charge is 1.99. The molecule has 2 aromatic rings. The predicted molar refractivity (Wildman–Crippen MR) is 72.6 cm³/mol. The number of thiophene rings is 1. The fourth-order valence-corrected chi connectivity index (χ4v) is 2.32. The summed E-state index contributed by atoms with van der Waals surface area (Å²) >= 11 is 1.80. The van der Waals surface area contributed by atoms with Crippen LogP contribution in [0.15, 0.2) is 24.5 Å². The van der Waals surface area contributed by atoms with Gasteiger partial charge < -0.3 is 10.6 Å². The van der Waals surface area contributed by atoms with E-state index in [1.54, 1.807) is 17.7 Å². The van der Waals surface area contributed by atoms with Crippen molar-refractivity contribution in [1.29, 1.82) is 0 Å².